The molecule has 28 heavy (non-hydrogen) atoms. The lowest BCUT2D eigenvalue weighted by molar-refractivity contribution is -0.120. The van der Waals surface area contributed by atoms with Crippen molar-refractivity contribution in [3.63, 3.8) is 0 Å². The highest BCUT2D eigenvalue weighted by molar-refractivity contribution is 5.78. The molecule has 1 heterocycles. The molecule has 1 aliphatic heterocycles. The number of hydrogen-bond donors (Lipinski definition) is 1. The summed E-state index contributed by atoms with van der Waals surface area (Å²) >= 11 is 0. The highest BCUT2D eigenvalue weighted by Crippen LogP contribution is 2.37. The van der Waals surface area contributed by atoms with Gasteiger partial charge < -0.3 is 14.8 Å². The minimum Gasteiger partial charge on any atom is -0.487 e. The quantitative estimate of drug-likeness (QED) is 0.702. The van der Waals surface area contributed by atoms with Gasteiger partial charge in [0.25, 0.3) is 0 Å². The Morgan fingerprint density at radius 3 is 2.57 bits per heavy atom. The summed E-state index contributed by atoms with van der Waals surface area (Å²) in [6.07, 6.45) is 2.10. The van der Waals surface area contributed by atoms with E-state index in [1.807, 2.05) is 12.1 Å². The van der Waals surface area contributed by atoms with Gasteiger partial charge in [0.1, 0.15) is 11.4 Å². The number of benzene rings is 2. The Morgan fingerprint density at radius 2 is 1.89 bits per heavy atom. The molecular formula is C24H31NO3. The molecule has 1 atom stereocenters. The highest BCUT2D eigenvalue weighted by Gasteiger charge is 2.35. The smallest absolute Gasteiger partial charge is 0.224 e. The van der Waals surface area contributed by atoms with Crippen LogP contribution < -0.4 is 10.1 Å². The van der Waals surface area contributed by atoms with Crippen LogP contribution in [0.3, 0.4) is 0 Å². The minimum absolute atomic E-state index is 0.0175. The zero-order valence-electron chi connectivity index (χ0n) is 17.4. The number of nitrogens with one attached hydrogen (secondary N) is 1. The average molecular weight is 382 g/mol. The van der Waals surface area contributed by atoms with Crippen LogP contribution in [0.2, 0.25) is 0 Å². The second kappa shape index (κ2) is 8.78. The van der Waals surface area contributed by atoms with E-state index in [-0.39, 0.29) is 11.5 Å². The van der Waals surface area contributed by atoms with E-state index in [4.69, 9.17) is 9.47 Å². The molecule has 4 nitrogen and oxygen atoms in total. The molecule has 1 amide bonds. The number of carbonyl (C=O) groups excluding carboxylic acids is 1. The predicted molar refractivity (Wildman–Crippen MR) is 112 cm³/mol. The van der Waals surface area contributed by atoms with Gasteiger partial charge in [-0.2, -0.15) is 0 Å². The second-order valence-electron chi connectivity index (χ2n) is 8.26. The fourth-order valence-corrected chi connectivity index (χ4v) is 3.78. The van der Waals surface area contributed by atoms with Crippen LogP contribution in [0.25, 0.3) is 0 Å². The Labute approximate surface area is 168 Å². The van der Waals surface area contributed by atoms with Crippen molar-refractivity contribution in [2.24, 2.45) is 0 Å². The van der Waals surface area contributed by atoms with Crippen molar-refractivity contribution >= 4 is 5.91 Å². The van der Waals surface area contributed by atoms with Crippen molar-refractivity contribution in [2.75, 3.05) is 20.3 Å². The van der Waals surface area contributed by atoms with Crippen molar-refractivity contribution in [3.8, 4) is 5.75 Å². The summed E-state index contributed by atoms with van der Waals surface area (Å²) in [6.45, 7) is 7.66. The SMILES string of the molecule is COCCNC(=O)Cc1ccc2c(c1)CC(C)(Cc1ccc(C(C)C)cc1)O2. The third kappa shape index (κ3) is 5.14. The molecule has 150 valence electrons. The topological polar surface area (TPSA) is 47.6 Å². The molecule has 0 fully saturated rings. The van der Waals surface area contributed by atoms with E-state index in [2.05, 4.69) is 56.4 Å². The second-order valence-corrected chi connectivity index (χ2v) is 8.26. The first-order chi connectivity index (χ1) is 13.4. The van der Waals surface area contributed by atoms with Crippen molar-refractivity contribution in [1.29, 1.82) is 0 Å². The van der Waals surface area contributed by atoms with Gasteiger partial charge in [-0.05, 0) is 41.2 Å². The van der Waals surface area contributed by atoms with E-state index >= 15 is 0 Å². The molecule has 1 unspecified atom stereocenters. The van der Waals surface area contributed by atoms with Crippen LogP contribution >= 0.6 is 0 Å². The lowest BCUT2D eigenvalue weighted by Gasteiger charge is -2.24. The summed E-state index contributed by atoms with van der Waals surface area (Å²) in [5, 5.41) is 2.87. The van der Waals surface area contributed by atoms with E-state index in [0.29, 0.717) is 25.5 Å². The molecule has 1 aliphatic rings. The fourth-order valence-electron chi connectivity index (χ4n) is 3.78. The minimum atomic E-state index is -0.249. The number of rotatable bonds is 8. The van der Waals surface area contributed by atoms with Gasteiger partial charge in [-0.1, -0.05) is 50.2 Å². The number of amides is 1. The van der Waals surface area contributed by atoms with Crippen LogP contribution in [0, 0.1) is 0 Å². The molecule has 3 rings (SSSR count). The Kier molecular flexibility index (Phi) is 6.40. The summed E-state index contributed by atoms with van der Waals surface area (Å²) in [5.41, 5.74) is 4.60. The Morgan fingerprint density at radius 1 is 1.18 bits per heavy atom. The molecular weight excluding hydrogens is 350 g/mol. The molecule has 2 aromatic carbocycles. The van der Waals surface area contributed by atoms with Gasteiger partial charge in [0, 0.05) is 26.5 Å². The molecule has 1 N–H and O–H groups in total. The van der Waals surface area contributed by atoms with Crippen LogP contribution in [0.15, 0.2) is 42.5 Å². The summed E-state index contributed by atoms with van der Waals surface area (Å²) in [4.78, 5) is 12.0. The Balaban J connectivity index is 1.62. The lowest BCUT2D eigenvalue weighted by atomic mass is 9.90. The average Bonchev–Trinajstić information content (AvgIpc) is 2.97. The summed E-state index contributed by atoms with van der Waals surface area (Å²) < 4.78 is 11.3. The maximum atomic E-state index is 12.0. The van der Waals surface area contributed by atoms with E-state index in [1.165, 1.54) is 16.7 Å². The van der Waals surface area contributed by atoms with Crippen molar-refractivity contribution < 1.29 is 14.3 Å². The van der Waals surface area contributed by atoms with Crippen molar-refractivity contribution in [3.05, 3.63) is 64.7 Å². The Hall–Kier alpha value is -2.33. The van der Waals surface area contributed by atoms with Crippen LogP contribution in [-0.4, -0.2) is 31.8 Å². The number of methoxy groups -OCH3 is 1. The van der Waals surface area contributed by atoms with Gasteiger partial charge in [0.15, 0.2) is 0 Å². The van der Waals surface area contributed by atoms with Crippen molar-refractivity contribution in [2.45, 2.75) is 51.6 Å². The maximum absolute atomic E-state index is 12.0. The number of fused-ring (bicyclic) bond motifs is 1. The van der Waals surface area contributed by atoms with Gasteiger partial charge in [-0.3, -0.25) is 4.79 Å². The monoisotopic (exact) mass is 381 g/mol. The first kappa shape index (κ1) is 20.4. The number of hydrogen-bond acceptors (Lipinski definition) is 3. The van der Waals surface area contributed by atoms with Gasteiger partial charge in [0.05, 0.1) is 13.0 Å². The predicted octanol–water partition coefficient (Wildman–Crippen LogP) is 4.05. The largest absolute Gasteiger partial charge is 0.487 e. The maximum Gasteiger partial charge on any atom is 0.224 e. The third-order valence-corrected chi connectivity index (χ3v) is 5.26. The standard InChI is InChI=1S/C24H31NO3/c1-17(2)20-8-5-18(6-9-20)15-24(3)16-21-13-19(7-10-22(21)28-24)14-23(26)25-11-12-27-4/h5-10,13,17H,11-12,14-16H2,1-4H3,(H,25,26). The van der Waals surface area contributed by atoms with Gasteiger partial charge in [-0.25, -0.2) is 0 Å². The summed E-state index contributed by atoms with van der Waals surface area (Å²) in [6, 6.07) is 14.9. The molecule has 0 spiro atoms. The molecule has 0 saturated carbocycles. The highest BCUT2D eigenvalue weighted by atomic mass is 16.5. The van der Waals surface area contributed by atoms with Crippen LogP contribution in [0.4, 0.5) is 0 Å². The van der Waals surface area contributed by atoms with Crippen molar-refractivity contribution in [1.82, 2.24) is 5.32 Å². The third-order valence-electron chi connectivity index (χ3n) is 5.26. The van der Waals surface area contributed by atoms with E-state index in [9.17, 15) is 4.79 Å². The van der Waals surface area contributed by atoms with Gasteiger partial charge >= 0.3 is 0 Å². The van der Waals surface area contributed by atoms with E-state index < -0.39 is 0 Å². The first-order valence-corrected chi connectivity index (χ1v) is 10.0. The Bertz CT molecular complexity index is 813. The first-order valence-electron chi connectivity index (χ1n) is 10.0. The zero-order chi connectivity index (χ0) is 20.1. The summed E-state index contributed by atoms with van der Waals surface area (Å²) in [7, 11) is 1.63. The summed E-state index contributed by atoms with van der Waals surface area (Å²) in [5.74, 6) is 1.50. The molecule has 0 aliphatic carbocycles. The van der Waals surface area contributed by atoms with Crippen LogP contribution in [0.1, 0.15) is 48.9 Å². The number of carbonyl (C=O) groups is 1. The van der Waals surface area contributed by atoms with Gasteiger partial charge in [-0.15, -0.1) is 0 Å². The zero-order valence-corrected chi connectivity index (χ0v) is 17.4. The number of ether oxygens (including phenoxy) is 2. The molecule has 0 radical (unpaired) electrons. The molecule has 4 heteroatoms. The van der Waals surface area contributed by atoms with Crippen LogP contribution in [-0.2, 0) is 28.8 Å². The molecule has 0 saturated heterocycles. The normalized spacial score (nSPS) is 18.0. The van der Waals surface area contributed by atoms with E-state index in [1.54, 1.807) is 7.11 Å². The van der Waals surface area contributed by atoms with Crippen LogP contribution in [0.5, 0.6) is 5.75 Å². The molecule has 0 aromatic heterocycles. The lowest BCUT2D eigenvalue weighted by Crippen LogP contribution is -2.32. The fraction of sp³-hybridized carbons (Fsp3) is 0.458. The molecule has 2 aromatic rings. The van der Waals surface area contributed by atoms with Gasteiger partial charge in [0.2, 0.25) is 5.91 Å². The van der Waals surface area contributed by atoms with E-state index in [0.717, 1.165) is 24.2 Å². The molecule has 0 bridgehead atoms.